The van der Waals surface area contributed by atoms with Gasteiger partial charge in [-0.25, -0.2) is 0 Å². The Morgan fingerprint density at radius 3 is 2.14 bits per heavy atom. The van der Waals surface area contributed by atoms with Gasteiger partial charge in [0.25, 0.3) is 0 Å². The van der Waals surface area contributed by atoms with Gasteiger partial charge in [-0.3, -0.25) is 9.69 Å². The van der Waals surface area contributed by atoms with Crippen LogP contribution in [0.25, 0.3) is 0 Å². The van der Waals surface area contributed by atoms with Crippen LogP contribution in [0, 0.1) is 0 Å². The third-order valence-corrected chi connectivity index (χ3v) is 4.16. The largest absolute Gasteiger partial charge is 0.416 e. The number of alkyl halides is 3. The van der Waals surface area contributed by atoms with Gasteiger partial charge in [0.1, 0.15) is 0 Å². The number of Topliss-reactive ketones (excluding diaryl/α,β-unsaturated/α-hetero) is 1. The van der Waals surface area contributed by atoms with Gasteiger partial charge < -0.3 is 0 Å². The summed E-state index contributed by atoms with van der Waals surface area (Å²) in [5.41, 5.74) is -0.923. The second kappa shape index (κ2) is 6.60. The highest BCUT2D eigenvalue weighted by Gasteiger charge is 2.37. The number of hydrogen-bond donors (Lipinski definition) is 0. The number of benzene rings is 1. The van der Waals surface area contributed by atoms with Gasteiger partial charge in [-0.15, -0.1) is 0 Å². The van der Waals surface area contributed by atoms with Crippen molar-refractivity contribution in [3.05, 3.63) is 35.4 Å². The lowest BCUT2D eigenvalue weighted by Crippen LogP contribution is -2.50. The minimum absolute atomic E-state index is 0.0176. The second-order valence-corrected chi connectivity index (χ2v) is 5.43. The molecular formula is C16H22F3NO. The summed E-state index contributed by atoms with van der Waals surface area (Å²) in [6.07, 6.45) is -3.10. The molecule has 0 aliphatic carbocycles. The molecule has 0 aromatic heterocycles. The monoisotopic (exact) mass is 301 g/mol. The summed E-state index contributed by atoms with van der Waals surface area (Å²) in [5.74, 6) is -0.0446. The van der Waals surface area contributed by atoms with Gasteiger partial charge in [0.05, 0.1) is 11.1 Å². The smallest absolute Gasteiger partial charge is 0.297 e. The summed E-state index contributed by atoms with van der Waals surface area (Å²) < 4.78 is 38.1. The molecular weight excluding hydrogens is 279 g/mol. The summed E-state index contributed by atoms with van der Waals surface area (Å²) in [5, 5.41) is 0. The van der Waals surface area contributed by atoms with Gasteiger partial charge >= 0.3 is 6.18 Å². The van der Waals surface area contributed by atoms with Crippen LogP contribution in [-0.4, -0.2) is 30.3 Å². The van der Waals surface area contributed by atoms with Gasteiger partial charge in [0.15, 0.2) is 5.78 Å². The Hall–Kier alpha value is -1.36. The highest BCUT2D eigenvalue weighted by Crippen LogP contribution is 2.30. The van der Waals surface area contributed by atoms with Crippen molar-refractivity contribution in [1.82, 2.24) is 4.90 Å². The minimum atomic E-state index is -4.38. The number of hydrogen-bond acceptors (Lipinski definition) is 2. The van der Waals surface area contributed by atoms with E-state index < -0.39 is 17.3 Å². The highest BCUT2D eigenvalue weighted by atomic mass is 19.4. The molecule has 2 nitrogen and oxygen atoms in total. The SMILES string of the molecule is CCC(CC)(C(=O)Cc1cccc(C(F)(F)F)c1)N(C)C. The van der Waals surface area contributed by atoms with Crippen LogP contribution < -0.4 is 0 Å². The van der Waals surface area contributed by atoms with E-state index in [1.807, 2.05) is 32.8 Å². The van der Waals surface area contributed by atoms with E-state index in [1.54, 1.807) is 6.07 Å². The topological polar surface area (TPSA) is 20.3 Å². The van der Waals surface area contributed by atoms with Crippen molar-refractivity contribution in [3.8, 4) is 0 Å². The van der Waals surface area contributed by atoms with Gasteiger partial charge in [0, 0.05) is 6.42 Å². The van der Waals surface area contributed by atoms with Crippen LogP contribution in [0.5, 0.6) is 0 Å². The molecule has 1 aromatic rings. The number of carbonyl (C=O) groups is 1. The van der Waals surface area contributed by atoms with E-state index in [0.29, 0.717) is 18.4 Å². The van der Waals surface area contributed by atoms with Crippen molar-refractivity contribution >= 4 is 5.78 Å². The molecule has 0 N–H and O–H groups in total. The third kappa shape index (κ3) is 3.84. The molecule has 1 rings (SSSR count). The lowest BCUT2D eigenvalue weighted by molar-refractivity contribution is -0.137. The third-order valence-electron chi connectivity index (χ3n) is 4.16. The molecule has 0 spiro atoms. The summed E-state index contributed by atoms with van der Waals surface area (Å²) in [6, 6.07) is 5.00. The van der Waals surface area contributed by atoms with Crippen molar-refractivity contribution in [2.24, 2.45) is 0 Å². The van der Waals surface area contributed by atoms with E-state index in [-0.39, 0.29) is 12.2 Å². The van der Waals surface area contributed by atoms with Crippen LogP contribution >= 0.6 is 0 Å². The van der Waals surface area contributed by atoms with Crippen LogP contribution in [0.4, 0.5) is 13.2 Å². The van der Waals surface area contributed by atoms with Gasteiger partial charge in [0.2, 0.25) is 0 Å². The molecule has 0 amide bonds. The fourth-order valence-corrected chi connectivity index (χ4v) is 2.73. The molecule has 0 atom stereocenters. The fourth-order valence-electron chi connectivity index (χ4n) is 2.73. The lowest BCUT2D eigenvalue weighted by atomic mass is 9.83. The number of nitrogens with zero attached hydrogens (tertiary/aromatic N) is 1. The van der Waals surface area contributed by atoms with E-state index >= 15 is 0 Å². The molecule has 0 saturated carbocycles. The molecule has 0 bridgehead atoms. The van der Waals surface area contributed by atoms with Crippen molar-refractivity contribution in [3.63, 3.8) is 0 Å². The second-order valence-electron chi connectivity index (χ2n) is 5.43. The van der Waals surface area contributed by atoms with Gasteiger partial charge in [-0.1, -0.05) is 32.0 Å². The molecule has 0 aliphatic rings. The molecule has 1 aromatic carbocycles. The number of halogens is 3. The van der Waals surface area contributed by atoms with Gasteiger partial charge in [-0.2, -0.15) is 13.2 Å². The average molecular weight is 301 g/mol. The molecule has 0 aliphatic heterocycles. The molecule has 5 heteroatoms. The van der Waals surface area contributed by atoms with Crippen molar-refractivity contribution < 1.29 is 18.0 Å². The maximum absolute atomic E-state index is 12.7. The summed E-state index contributed by atoms with van der Waals surface area (Å²) in [7, 11) is 3.66. The molecule has 21 heavy (non-hydrogen) atoms. The summed E-state index contributed by atoms with van der Waals surface area (Å²) >= 11 is 0. The van der Waals surface area contributed by atoms with Crippen molar-refractivity contribution in [2.45, 2.75) is 44.8 Å². The van der Waals surface area contributed by atoms with E-state index in [4.69, 9.17) is 0 Å². The first-order valence-corrected chi connectivity index (χ1v) is 7.04. The predicted molar refractivity (Wildman–Crippen MR) is 77.2 cm³/mol. The Balaban J connectivity index is 3.03. The molecule has 0 unspecified atom stereocenters. The van der Waals surface area contributed by atoms with Crippen LogP contribution in [0.2, 0.25) is 0 Å². The van der Waals surface area contributed by atoms with E-state index in [9.17, 15) is 18.0 Å². The first kappa shape index (κ1) is 17.7. The fraction of sp³-hybridized carbons (Fsp3) is 0.562. The normalized spacial score (nSPS) is 12.8. The van der Waals surface area contributed by atoms with Crippen LogP contribution in [-0.2, 0) is 17.4 Å². The quantitative estimate of drug-likeness (QED) is 0.793. The molecule has 118 valence electrons. The maximum Gasteiger partial charge on any atom is 0.416 e. The Bertz CT molecular complexity index is 491. The zero-order valence-corrected chi connectivity index (χ0v) is 12.9. The first-order chi connectivity index (χ1) is 9.67. The molecule has 0 fully saturated rings. The average Bonchev–Trinajstić information content (AvgIpc) is 2.39. The Kier molecular flexibility index (Phi) is 5.56. The Labute approximate surface area is 123 Å². The zero-order chi connectivity index (χ0) is 16.3. The number of carbonyl (C=O) groups excluding carboxylic acids is 1. The highest BCUT2D eigenvalue weighted by molar-refractivity contribution is 5.90. The number of rotatable bonds is 6. The number of ketones is 1. The van der Waals surface area contributed by atoms with E-state index in [0.717, 1.165) is 12.1 Å². The van der Waals surface area contributed by atoms with Crippen molar-refractivity contribution in [1.29, 1.82) is 0 Å². The van der Waals surface area contributed by atoms with Crippen LogP contribution in [0.3, 0.4) is 0 Å². The summed E-state index contributed by atoms with van der Waals surface area (Å²) in [6.45, 7) is 3.85. The van der Waals surface area contributed by atoms with Gasteiger partial charge in [-0.05, 0) is 38.6 Å². The molecule has 0 radical (unpaired) electrons. The number of likely N-dealkylation sites (N-methyl/N-ethyl adjacent to an activating group) is 1. The van der Waals surface area contributed by atoms with Crippen LogP contribution in [0.1, 0.15) is 37.8 Å². The first-order valence-electron chi connectivity index (χ1n) is 7.04. The Morgan fingerprint density at radius 2 is 1.71 bits per heavy atom. The standard InChI is InChI=1S/C16H22F3NO/c1-5-15(6-2,20(3)4)14(21)11-12-8-7-9-13(10-12)16(17,18)19/h7-10H,5-6,11H2,1-4H3. The predicted octanol–water partition coefficient (Wildman–Crippen LogP) is 3.94. The molecule has 0 heterocycles. The minimum Gasteiger partial charge on any atom is -0.297 e. The maximum atomic E-state index is 12.7. The molecule has 0 saturated heterocycles. The summed E-state index contributed by atoms with van der Waals surface area (Å²) in [4.78, 5) is 14.4. The van der Waals surface area contributed by atoms with Crippen molar-refractivity contribution in [2.75, 3.05) is 14.1 Å². The lowest BCUT2D eigenvalue weighted by Gasteiger charge is -2.37. The Morgan fingerprint density at radius 1 is 1.14 bits per heavy atom. The van der Waals surface area contributed by atoms with Crippen LogP contribution in [0.15, 0.2) is 24.3 Å². The van der Waals surface area contributed by atoms with E-state index in [2.05, 4.69) is 0 Å². The zero-order valence-electron chi connectivity index (χ0n) is 12.9. The van der Waals surface area contributed by atoms with E-state index in [1.165, 1.54) is 6.07 Å².